The Morgan fingerprint density at radius 1 is 1.00 bits per heavy atom. The summed E-state index contributed by atoms with van der Waals surface area (Å²) in [5.74, 6) is -4.08. The molecule has 0 radical (unpaired) electrons. The Labute approximate surface area is 207 Å². The number of thiol groups is 1. The van der Waals surface area contributed by atoms with Crippen molar-refractivity contribution in [3.63, 3.8) is 0 Å². The largest absolute Gasteiger partial charge is 0.480 e. The number of nitrogens with two attached hydrogens (primary N) is 3. The maximum atomic E-state index is 13.0. The molecule has 0 aliphatic rings. The first kappa shape index (κ1) is 29.9. The second kappa shape index (κ2) is 15.7. The van der Waals surface area contributed by atoms with Gasteiger partial charge < -0.3 is 43.2 Å². The van der Waals surface area contributed by atoms with Crippen LogP contribution in [0, 0.1) is 0 Å². The lowest BCUT2D eigenvalue weighted by Crippen LogP contribution is -2.57. The molecule has 196 valence electrons. The molecule has 0 saturated heterocycles. The van der Waals surface area contributed by atoms with Gasteiger partial charge in [0, 0.05) is 30.5 Å². The number of hydrogen-bond acceptors (Lipinski definition) is 9. The third-order valence-corrected chi connectivity index (χ3v) is 5.41. The number of unbranched alkanes of at least 4 members (excludes halogenated alkanes) is 1. The molecule has 1 rings (SSSR count). The van der Waals surface area contributed by atoms with Crippen molar-refractivity contribution < 1.29 is 29.1 Å². The minimum Gasteiger partial charge on any atom is -0.480 e. The van der Waals surface area contributed by atoms with Crippen molar-refractivity contribution in [2.75, 3.05) is 12.3 Å². The first-order valence-corrected chi connectivity index (χ1v) is 11.7. The van der Waals surface area contributed by atoms with E-state index >= 15 is 0 Å². The van der Waals surface area contributed by atoms with Gasteiger partial charge >= 0.3 is 5.97 Å². The topological polar surface area (TPSA) is 248 Å². The highest BCUT2D eigenvalue weighted by Gasteiger charge is 2.30. The fourth-order valence-electron chi connectivity index (χ4n) is 3.04. The Morgan fingerprint density at radius 3 is 2.11 bits per heavy atom. The fraction of sp³-hybridized carbons (Fsp3) is 0.600. The molecule has 4 amide bonds. The number of H-pyrrole nitrogens is 1. The van der Waals surface area contributed by atoms with Gasteiger partial charge in [-0.25, -0.2) is 9.78 Å². The molecule has 1 aromatic heterocycles. The number of carbonyl (C=O) groups is 5. The lowest BCUT2D eigenvalue weighted by molar-refractivity contribution is -0.142. The highest BCUT2D eigenvalue weighted by atomic mass is 32.1. The summed E-state index contributed by atoms with van der Waals surface area (Å²) in [6.45, 7) is 0.360. The predicted octanol–water partition coefficient (Wildman–Crippen LogP) is -2.86. The van der Waals surface area contributed by atoms with Gasteiger partial charge in [0.2, 0.25) is 23.6 Å². The summed E-state index contributed by atoms with van der Waals surface area (Å²) in [6, 6.07) is -4.60. The number of carboxylic acids is 1. The molecule has 4 unspecified atom stereocenters. The number of nitrogens with one attached hydrogen (secondary N) is 4. The molecule has 1 aromatic rings. The zero-order chi connectivity index (χ0) is 26.4. The Hall–Kier alpha value is -3.17. The molecule has 11 N–H and O–H groups in total. The van der Waals surface area contributed by atoms with Gasteiger partial charge in [0.05, 0.1) is 12.4 Å². The highest BCUT2D eigenvalue weighted by Crippen LogP contribution is 2.06. The van der Waals surface area contributed by atoms with Crippen molar-refractivity contribution in [1.29, 1.82) is 0 Å². The second-order valence-electron chi connectivity index (χ2n) is 7.88. The first-order valence-electron chi connectivity index (χ1n) is 11.0. The Bertz CT molecular complexity index is 853. The minimum atomic E-state index is -1.28. The van der Waals surface area contributed by atoms with E-state index in [2.05, 4.69) is 38.5 Å². The van der Waals surface area contributed by atoms with Crippen LogP contribution < -0.4 is 33.2 Å². The molecule has 0 aliphatic carbocycles. The van der Waals surface area contributed by atoms with E-state index in [-0.39, 0.29) is 31.4 Å². The molecule has 4 atom stereocenters. The molecule has 1 heterocycles. The van der Waals surface area contributed by atoms with E-state index in [1.165, 1.54) is 12.5 Å². The smallest absolute Gasteiger partial charge is 0.326 e. The van der Waals surface area contributed by atoms with Crippen LogP contribution in [0.4, 0.5) is 0 Å². The van der Waals surface area contributed by atoms with Gasteiger partial charge in [-0.2, -0.15) is 12.6 Å². The van der Waals surface area contributed by atoms with Gasteiger partial charge in [-0.15, -0.1) is 0 Å². The van der Waals surface area contributed by atoms with Crippen LogP contribution in [0.2, 0.25) is 0 Å². The molecular weight excluding hydrogens is 480 g/mol. The number of aliphatic carboxylic acids is 1. The molecule has 0 aliphatic heterocycles. The average molecular weight is 515 g/mol. The highest BCUT2D eigenvalue weighted by molar-refractivity contribution is 7.80. The van der Waals surface area contributed by atoms with Crippen molar-refractivity contribution in [3.8, 4) is 0 Å². The van der Waals surface area contributed by atoms with Gasteiger partial charge in [0.15, 0.2) is 0 Å². The lowest BCUT2D eigenvalue weighted by atomic mass is 10.0. The standard InChI is InChI=1S/C20H34N8O6S/c21-6-2-1-3-13(18(31)28-15(20(33)34)7-11-8-24-10-25-11)27-19(32)14(4-5-16(23)29)26-17(30)12(22)9-35/h8,10,12-15,35H,1-7,9,21-22H2,(H2,23,29)(H,24,25)(H,26,30)(H,27,32)(H,28,31)(H,33,34). The summed E-state index contributed by atoms with van der Waals surface area (Å²) in [5, 5.41) is 16.9. The average Bonchev–Trinajstić information content (AvgIpc) is 3.32. The van der Waals surface area contributed by atoms with Gasteiger partial charge in [0.1, 0.15) is 18.1 Å². The molecule has 15 heteroatoms. The Balaban J connectivity index is 2.98. The number of hydrogen-bond donors (Lipinski definition) is 9. The van der Waals surface area contributed by atoms with E-state index in [1.807, 2.05) is 0 Å². The summed E-state index contributed by atoms with van der Waals surface area (Å²) in [5.41, 5.74) is 16.8. The molecular formula is C20H34N8O6S. The van der Waals surface area contributed by atoms with E-state index in [0.29, 0.717) is 25.1 Å². The van der Waals surface area contributed by atoms with Crippen LogP contribution in [0.3, 0.4) is 0 Å². The number of aromatic amines is 1. The number of nitrogens with zero attached hydrogens (tertiary/aromatic N) is 1. The zero-order valence-electron chi connectivity index (χ0n) is 19.2. The number of imidazole rings is 1. The van der Waals surface area contributed by atoms with Gasteiger partial charge in [-0.3, -0.25) is 19.2 Å². The maximum Gasteiger partial charge on any atom is 0.326 e. The van der Waals surface area contributed by atoms with E-state index < -0.39 is 53.8 Å². The summed E-state index contributed by atoms with van der Waals surface area (Å²) in [7, 11) is 0. The number of rotatable bonds is 17. The van der Waals surface area contributed by atoms with Crippen LogP contribution in [0.25, 0.3) is 0 Å². The van der Waals surface area contributed by atoms with Crippen LogP contribution in [0.15, 0.2) is 12.5 Å². The van der Waals surface area contributed by atoms with Crippen molar-refractivity contribution in [1.82, 2.24) is 25.9 Å². The normalized spacial score (nSPS) is 14.3. The molecule has 0 aromatic carbocycles. The summed E-state index contributed by atoms with van der Waals surface area (Å²) < 4.78 is 0. The third-order valence-electron chi connectivity index (χ3n) is 5.02. The fourth-order valence-corrected chi connectivity index (χ4v) is 3.21. The summed E-state index contributed by atoms with van der Waals surface area (Å²) in [4.78, 5) is 67.6. The third kappa shape index (κ3) is 11.2. The Morgan fingerprint density at radius 2 is 1.60 bits per heavy atom. The molecule has 0 fully saturated rings. The zero-order valence-corrected chi connectivity index (χ0v) is 20.1. The molecule has 0 saturated carbocycles. The second-order valence-corrected chi connectivity index (χ2v) is 8.25. The van der Waals surface area contributed by atoms with Crippen molar-refractivity contribution in [3.05, 3.63) is 18.2 Å². The van der Waals surface area contributed by atoms with Crippen molar-refractivity contribution in [2.24, 2.45) is 17.2 Å². The van der Waals surface area contributed by atoms with Gasteiger partial charge in [0.25, 0.3) is 0 Å². The van der Waals surface area contributed by atoms with E-state index in [0.717, 1.165) is 0 Å². The summed E-state index contributed by atoms with van der Waals surface area (Å²) >= 11 is 3.95. The first-order chi connectivity index (χ1) is 16.6. The lowest BCUT2D eigenvalue weighted by Gasteiger charge is -2.25. The molecule has 0 bridgehead atoms. The van der Waals surface area contributed by atoms with Gasteiger partial charge in [-0.05, 0) is 32.2 Å². The number of primary amides is 1. The summed E-state index contributed by atoms with van der Waals surface area (Å²) in [6.07, 6.45) is 3.63. The Kier molecular flexibility index (Phi) is 13.4. The quantitative estimate of drug-likeness (QED) is 0.0765. The van der Waals surface area contributed by atoms with Crippen LogP contribution >= 0.6 is 12.6 Å². The maximum absolute atomic E-state index is 13.0. The number of carbonyl (C=O) groups excluding carboxylic acids is 4. The molecule has 0 spiro atoms. The van der Waals surface area contributed by atoms with E-state index in [9.17, 15) is 29.1 Å². The predicted molar refractivity (Wildman–Crippen MR) is 129 cm³/mol. The van der Waals surface area contributed by atoms with Crippen molar-refractivity contribution >= 4 is 42.2 Å². The monoisotopic (exact) mass is 514 g/mol. The van der Waals surface area contributed by atoms with Crippen LogP contribution in [0.5, 0.6) is 0 Å². The van der Waals surface area contributed by atoms with Crippen LogP contribution in [-0.2, 0) is 30.4 Å². The van der Waals surface area contributed by atoms with E-state index in [4.69, 9.17) is 17.2 Å². The van der Waals surface area contributed by atoms with Crippen molar-refractivity contribution in [2.45, 2.75) is 62.7 Å². The molecule has 14 nitrogen and oxygen atoms in total. The van der Waals surface area contributed by atoms with E-state index in [1.54, 1.807) is 0 Å². The SMILES string of the molecule is NCCCCC(NC(=O)C(CCC(N)=O)NC(=O)C(N)CS)C(=O)NC(Cc1cnc[nH]1)C(=O)O. The number of carboxylic acid groups (broad SMARTS) is 1. The van der Waals surface area contributed by atoms with Crippen LogP contribution in [0.1, 0.15) is 37.8 Å². The van der Waals surface area contributed by atoms with Gasteiger partial charge in [-0.1, -0.05) is 0 Å². The molecule has 35 heavy (non-hydrogen) atoms. The van der Waals surface area contributed by atoms with Crippen LogP contribution in [-0.4, -0.2) is 81.1 Å². The number of amides is 4. The number of aromatic nitrogens is 2. The minimum absolute atomic E-state index is 0.0209.